The van der Waals surface area contributed by atoms with Crippen LogP contribution in [0.5, 0.6) is 0 Å². The van der Waals surface area contributed by atoms with Crippen LogP contribution in [0.15, 0.2) is 42.7 Å². The van der Waals surface area contributed by atoms with Crippen molar-refractivity contribution in [2.24, 2.45) is 11.3 Å². The Kier molecular flexibility index (Phi) is 7.84. The van der Waals surface area contributed by atoms with Gasteiger partial charge in [0.25, 0.3) is 0 Å². The average molecular weight is 610 g/mol. The summed E-state index contributed by atoms with van der Waals surface area (Å²) in [4.78, 5) is 13.9. The number of likely N-dealkylation sites (tertiary alicyclic amines) is 1. The summed E-state index contributed by atoms with van der Waals surface area (Å²) in [7, 11) is 0. The smallest absolute Gasteiger partial charge is 0.249 e. The molecule has 1 unspecified atom stereocenters. The third-order valence-corrected chi connectivity index (χ3v) is 11.1. The molecule has 236 valence electrons. The van der Waals surface area contributed by atoms with E-state index in [4.69, 9.17) is 6.42 Å². The molecule has 2 aromatic heterocycles. The zero-order valence-corrected chi connectivity index (χ0v) is 27.0. The van der Waals surface area contributed by atoms with Crippen LogP contribution in [-0.4, -0.2) is 51.5 Å². The van der Waals surface area contributed by atoms with E-state index in [9.17, 15) is 8.78 Å². The number of aryl methyl sites for hydroxylation is 1. The fourth-order valence-corrected chi connectivity index (χ4v) is 8.50. The van der Waals surface area contributed by atoms with Crippen molar-refractivity contribution in [3.05, 3.63) is 65.1 Å². The largest absolute Gasteiger partial charge is 0.355 e. The van der Waals surface area contributed by atoms with Gasteiger partial charge in [0.1, 0.15) is 12.1 Å². The van der Waals surface area contributed by atoms with Crippen molar-refractivity contribution in [2.45, 2.75) is 90.6 Å². The van der Waals surface area contributed by atoms with Crippen LogP contribution in [0, 0.1) is 30.6 Å². The minimum absolute atomic E-state index is 0.278. The number of aromatic nitrogens is 3. The second kappa shape index (κ2) is 11.7. The number of fused-ring (bicyclic) bond motifs is 2. The van der Waals surface area contributed by atoms with Gasteiger partial charge in [0.05, 0.1) is 11.2 Å². The Hall–Kier alpha value is -3.50. The van der Waals surface area contributed by atoms with E-state index in [1.165, 1.54) is 54.1 Å². The van der Waals surface area contributed by atoms with Gasteiger partial charge in [-0.25, -0.2) is 18.7 Å². The van der Waals surface area contributed by atoms with Crippen molar-refractivity contribution < 1.29 is 8.78 Å². The molecule has 1 spiro atoms. The number of alkyl halides is 2. The zero-order valence-electron chi connectivity index (χ0n) is 27.0. The lowest BCUT2D eigenvalue weighted by atomic mass is 9.72. The van der Waals surface area contributed by atoms with Gasteiger partial charge in [-0.3, -0.25) is 4.90 Å². The second-order valence-corrected chi connectivity index (χ2v) is 14.4. The van der Waals surface area contributed by atoms with Gasteiger partial charge in [-0.2, -0.15) is 0 Å². The van der Waals surface area contributed by atoms with E-state index in [1.807, 2.05) is 12.1 Å². The molecule has 0 bridgehead atoms. The molecule has 5 nitrogen and oxygen atoms in total. The number of nitrogens with zero attached hydrogens (tertiary/aromatic N) is 5. The maximum absolute atomic E-state index is 13.7. The molecule has 7 rings (SSSR count). The first-order valence-electron chi connectivity index (χ1n) is 16.8. The van der Waals surface area contributed by atoms with Gasteiger partial charge in [0, 0.05) is 53.8 Å². The first-order valence-corrected chi connectivity index (χ1v) is 16.8. The van der Waals surface area contributed by atoms with Crippen LogP contribution in [0.1, 0.15) is 87.2 Å². The molecule has 1 aliphatic carbocycles. The minimum atomic E-state index is -2.74. The lowest BCUT2D eigenvalue weighted by Crippen LogP contribution is -2.60. The topological polar surface area (TPSA) is 37.2 Å². The third kappa shape index (κ3) is 5.83. The molecular weight excluding hydrogens is 564 g/mol. The molecule has 1 saturated carbocycles. The van der Waals surface area contributed by atoms with Crippen molar-refractivity contribution in [1.82, 2.24) is 19.4 Å². The number of rotatable bonds is 7. The van der Waals surface area contributed by atoms with Crippen LogP contribution >= 0.6 is 0 Å². The van der Waals surface area contributed by atoms with Crippen LogP contribution in [0.3, 0.4) is 0 Å². The van der Waals surface area contributed by atoms with Gasteiger partial charge in [-0.1, -0.05) is 37.3 Å². The number of halogens is 2. The monoisotopic (exact) mass is 609 g/mol. The van der Waals surface area contributed by atoms with Crippen molar-refractivity contribution in [3.8, 4) is 12.3 Å². The quantitative estimate of drug-likeness (QED) is 0.198. The fourth-order valence-electron chi connectivity index (χ4n) is 8.50. The van der Waals surface area contributed by atoms with E-state index >= 15 is 0 Å². The molecule has 2 aliphatic heterocycles. The van der Waals surface area contributed by atoms with Crippen molar-refractivity contribution >= 4 is 27.6 Å². The van der Waals surface area contributed by atoms with Gasteiger partial charge in [0.15, 0.2) is 0 Å². The summed E-state index contributed by atoms with van der Waals surface area (Å²) in [5, 5.41) is 2.17. The molecule has 45 heavy (non-hydrogen) atoms. The minimum Gasteiger partial charge on any atom is -0.355 e. The lowest BCUT2D eigenvalue weighted by Gasteiger charge is -2.54. The van der Waals surface area contributed by atoms with Gasteiger partial charge in [-0.05, 0) is 106 Å². The predicted molar refractivity (Wildman–Crippen MR) is 179 cm³/mol. The highest BCUT2D eigenvalue weighted by atomic mass is 19.3. The van der Waals surface area contributed by atoms with Crippen LogP contribution in [0.4, 0.5) is 14.6 Å². The van der Waals surface area contributed by atoms with E-state index in [0.29, 0.717) is 17.5 Å². The summed E-state index contributed by atoms with van der Waals surface area (Å²) >= 11 is 0. The highest BCUT2D eigenvalue weighted by Crippen LogP contribution is 2.44. The summed E-state index contributed by atoms with van der Waals surface area (Å²) in [6.45, 7) is 10.6. The summed E-state index contributed by atoms with van der Waals surface area (Å²) in [6, 6.07) is 12.8. The number of anilines is 1. The Labute approximate surface area is 266 Å². The first kappa shape index (κ1) is 30.2. The van der Waals surface area contributed by atoms with Crippen LogP contribution in [-0.2, 0) is 13.0 Å². The number of hydrogen-bond donors (Lipinski definition) is 0. The maximum Gasteiger partial charge on any atom is 0.249 e. The summed E-state index contributed by atoms with van der Waals surface area (Å²) in [6.07, 6.45) is 16.3. The van der Waals surface area contributed by atoms with Crippen molar-refractivity contribution in [1.29, 1.82) is 0 Å². The maximum atomic E-state index is 13.7. The highest BCUT2D eigenvalue weighted by Gasteiger charge is 2.45. The summed E-state index contributed by atoms with van der Waals surface area (Å²) < 4.78 is 29.9. The molecular formula is C38H45F2N5. The van der Waals surface area contributed by atoms with Gasteiger partial charge < -0.3 is 9.47 Å². The standard InChI is InChI=1S/C38H45F2N5/c1-5-31-20-32-26(2)30(12-14-35(32)45(31)27(3)29-9-7-6-8-10-29)22-43-17-15-38(16-18-43)23-44(24-38)36-33-19-28(21-37(4,39)40)11-13-34(33)41-25-42-36/h1,11-14,19-20,25,27,29H,6-10,15-18,21-24H2,2-4H3. The molecule has 7 heteroatoms. The zero-order chi connectivity index (χ0) is 31.3. The Morgan fingerprint density at radius 2 is 1.78 bits per heavy atom. The molecule has 0 N–H and O–H groups in total. The Balaban J connectivity index is 1.02. The molecule has 3 aliphatic rings. The third-order valence-electron chi connectivity index (χ3n) is 11.1. The molecule has 3 fully saturated rings. The number of hydrogen-bond acceptors (Lipinski definition) is 4. The molecule has 2 aromatic carbocycles. The Bertz CT molecular complexity index is 1740. The van der Waals surface area contributed by atoms with E-state index in [-0.39, 0.29) is 11.8 Å². The summed E-state index contributed by atoms with van der Waals surface area (Å²) in [5.41, 5.74) is 6.74. The first-order chi connectivity index (χ1) is 21.6. The van der Waals surface area contributed by atoms with Crippen LogP contribution in [0.2, 0.25) is 0 Å². The van der Waals surface area contributed by atoms with E-state index in [0.717, 1.165) is 74.9 Å². The molecule has 0 radical (unpaired) electrons. The number of terminal acetylenes is 1. The van der Waals surface area contributed by atoms with Gasteiger partial charge >= 0.3 is 0 Å². The molecule has 1 atom stereocenters. The highest BCUT2D eigenvalue weighted by molar-refractivity contribution is 5.90. The van der Waals surface area contributed by atoms with Gasteiger partial charge in [0.2, 0.25) is 5.92 Å². The number of piperidine rings is 1. The molecule has 4 aromatic rings. The molecule has 0 amide bonds. The normalized spacial score (nSPS) is 20.0. The van der Waals surface area contributed by atoms with Gasteiger partial charge in [-0.15, -0.1) is 6.42 Å². The Morgan fingerprint density at radius 3 is 2.49 bits per heavy atom. The predicted octanol–water partition coefficient (Wildman–Crippen LogP) is 8.32. The fraction of sp³-hybridized carbons (Fsp3) is 0.526. The van der Waals surface area contributed by atoms with Crippen molar-refractivity contribution in [2.75, 3.05) is 31.1 Å². The molecule has 4 heterocycles. The van der Waals surface area contributed by atoms with E-state index < -0.39 is 5.92 Å². The van der Waals surface area contributed by atoms with Crippen LogP contribution < -0.4 is 4.90 Å². The molecule has 2 saturated heterocycles. The number of benzene rings is 2. The van der Waals surface area contributed by atoms with Crippen molar-refractivity contribution in [3.63, 3.8) is 0 Å². The average Bonchev–Trinajstić information content (AvgIpc) is 3.40. The SMILES string of the molecule is C#Cc1cc2c(C)c(CN3CCC4(CC3)CN(c3ncnc5ccc(CC(C)(F)F)cc35)C4)ccc2n1C(C)C1CCCCC1. The van der Waals surface area contributed by atoms with E-state index in [1.54, 1.807) is 12.4 Å². The second-order valence-electron chi connectivity index (χ2n) is 14.4. The van der Waals surface area contributed by atoms with Crippen LogP contribution in [0.25, 0.3) is 21.8 Å². The van der Waals surface area contributed by atoms with E-state index in [2.05, 4.69) is 62.3 Å². The summed E-state index contributed by atoms with van der Waals surface area (Å²) in [5.74, 6) is 1.83. The lowest BCUT2D eigenvalue weighted by molar-refractivity contribution is 0.0226. The Morgan fingerprint density at radius 1 is 1.02 bits per heavy atom.